The minimum atomic E-state index is -0.0586. The molecule has 2 aliphatic heterocycles. The molecular weight excluding hydrogens is 486 g/mol. The first-order valence-corrected chi connectivity index (χ1v) is 15.4. The molecule has 6 nitrogen and oxygen atoms in total. The van der Waals surface area contributed by atoms with E-state index in [0.717, 1.165) is 51.1 Å². The predicted octanol–water partition coefficient (Wildman–Crippen LogP) is 4.82. The van der Waals surface area contributed by atoms with E-state index >= 15 is 0 Å². The highest BCUT2D eigenvalue weighted by atomic mass is 16.3. The largest absolute Gasteiger partial charge is 0.508 e. The molecular formula is C33H43N3O3. The van der Waals surface area contributed by atoms with Crippen LogP contribution in [0.2, 0.25) is 0 Å². The van der Waals surface area contributed by atoms with Crippen molar-refractivity contribution in [2.24, 2.45) is 23.2 Å². The van der Waals surface area contributed by atoms with E-state index in [1.165, 1.54) is 30.5 Å². The summed E-state index contributed by atoms with van der Waals surface area (Å²) >= 11 is 0. The Morgan fingerprint density at radius 3 is 2.67 bits per heavy atom. The van der Waals surface area contributed by atoms with E-state index in [1.807, 2.05) is 13.0 Å². The SMILES string of the molecule is CCc1ccc(O)cc1C12CCN(CC3CC3)C(C)C13CCC1C2[C@@H](CN1C(=O)c1ccc(=O)n(CC)c1)C3. The second-order valence-corrected chi connectivity index (χ2v) is 13.3. The van der Waals surface area contributed by atoms with E-state index in [1.54, 1.807) is 22.9 Å². The monoisotopic (exact) mass is 529 g/mol. The summed E-state index contributed by atoms with van der Waals surface area (Å²) in [5.74, 6) is 2.19. The van der Waals surface area contributed by atoms with Crippen LogP contribution in [0, 0.1) is 23.2 Å². The molecule has 6 atom stereocenters. The Bertz CT molecular complexity index is 1360. The molecule has 0 spiro atoms. The lowest BCUT2D eigenvalue weighted by Crippen LogP contribution is -2.66. The molecule has 1 aromatic heterocycles. The molecule has 5 unspecified atom stereocenters. The molecule has 3 aliphatic carbocycles. The van der Waals surface area contributed by atoms with Gasteiger partial charge in [0.1, 0.15) is 5.75 Å². The fourth-order valence-electron chi connectivity index (χ4n) is 10.1. The van der Waals surface area contributed by atoms with Gasteiger partial charge < -0.3 is 14.6 Å². The van der Waals surface area contributed by atoms with Crippen LogP contribution in [0.5, 0.6) is 5.75 Å². The number of piperidine rings is 1. The van der Waals surface area contributed by atoms with E-state index < -0.39 is 0 Å². The second-order valence-electron chi connectivity index (χ2n) is 13.3. The summed E-state index contributed by atoms with van der Waals surface area (Å²) in [7, 11) is 0. The van der Waals surface area contributed by atoms with Crippen LogP contribution in [-0.2, 0) is 18.4 Å². The summed E-state index contributed by atoms with van der Waals surface area (Å²) in [4.78, 5) is 31.2. The second kappa shape index (κ2) is 8.95. The third kappa shape index (κ3) is 3.49. The summed E-state index contributed by atoms with van der Waals surface area (Å²) in [6.07, 6.45) is 9.91. The maximum atomic E-state index is 14.0. The highest BCUT2D eigenvalue weighted by Gasteiger charge is 2.74. The van der Waals surface area contributed by atoms with Gasteiger partial charge in [-0.2, -0.15) is 0 Å². The molecule has 0 radical (unpaired) electrons. The van der Waals surface area contributed by atoms with E-state index in [0.29, 0.717) is 35.7 Å². The minimum Gasteiger partial charge on any atom is -0.508 e. The Hall–Kier alpha value is -2.60. The molecule has 1 aromatic carbocycles. The molecule has 3 heterocycles. The molecule has 208 valence electrons. The van der Waals surface area contributed by atoms with E-state index in [4.69, 9.17) is 0 Å². The van der Waals surface area contributed by atoms with Gasteiger partial charge in [-0.15, -0.1) is 0 Å². The molecule has 6 heteroatoms. The zero-order valence-electron chi connectivity index (χ0n) is 23.7. The van der Waals surface area contributed by atoms with Crippen molar-refractivity contribution in [2.75, 3.05) is 19.6 Å². The molecule has 39 heavy (non-hydrogen) atoms. The van der Waals surface area contributed by atoms with Crippen LogP contribution >= 0.6 is 0 Å². The normalized spacial score (nSPS) is 35.3. The zero-order valence-corrected chi connectivity index (χ0v) is 23.7. The molecule has 3 saturated carbocycles. The standard InChI is InChI=1S/C33H43N3O3/c1-4-23-8-10-26(37)16-27(23)33-14-15-35(18-22-6-7-22)21(3)32(33)13-12-28-30(33)25(17-32)20-36(28)31(39)24-9-11-29(38)34(5-2)19-24/h8-11,16,19,21-22,25,28,30,37H,4-7,12-15,17-18,20H2,1-3H3/t21?,25-,28?,30?,32?,33?/m1/s1. The van der Waals surface area contributed by atoms with Crippen molar-refractivity contribution in [3.05, 3.63) is 63.6 Å². The molecule has 5 aliphatic rings. The maximum absolute atomic E-state index is 14.0. The third-order valence-electron chi connectivity index (χ3n) is 11.8. The van der Waals surface area contributed by atoms with Crippen molar-refractivity contribution in [1.82, 2.24) is 14.4 Å². The Morgan fingerprint density at radius 1 is 1.10 bits per heavy atom. The maximum Gasteiger partial charge on any atom is 0.255 e. The number of aromatic nitrogens is 1. The molecule has 7 rings (SSSR count). The van der Waals surface area contributed by atoms with Gasteiger partial charge in [-0.05, 0) is 118 Å². The molecule has 5 fully saturated rings. The van der Waals surface area contributed by atoms with Crippen molar-refractivity contribution in [3.63, 3.8) is 0 Å². The third-order valence-corrected chi connectivity index (χ3v) is 11.8. The van der Waals surface area contributed by atoms with Crippen LogP contribution < -0.4 is 5.56 Å². The number of pyridine rings is 1. The van der Waals surface area contributed by atoms with Crippen molar-refractivity contribution < 1.29 is 9.90 Å². The number of benzene rings is 1. The number of aromatic hydroxyl groups is 1. The first-order chi connectivity index (χ1) is 18.8. The Kier molecular flexibility index (Phi) is 5.83. The Morgan fingerprint density at radius 2 is 1.92 bits per heavy atom. The summed E-state index contributed by atoms with van der Waals surface area (Å²) in [5.41, 5.74) is 3.45. The number of carbonyl (C=O) groups excluding carboxylic acids is 1. The molecule has 2 bridgehead atoms. The lowest BCUT2D eigenvalue weighted by atomic mass is 9.46. The quantitative estimate of drug-likeness (QED) is 0.583. The number of likely N-dealkylation sites (tertiary alicyclic amines) is 2. The molecule has 2 aromatic rings. The lowest BCUT2D eigenvalue weighted by molar-refractivity contribution is -0.0870. The number of amides is 1. The van der Waals surface area contributed by atoms with Gasteiger partial charge in [0.2, 0.25) is 0 Å². The fourth-order valence-corrected chi connectivity index (χ4v) is 10.1. The van der Waals surface area contributed by atoms with Crippen molar-refractivity contribution in [2.45, 2.75) is 89.8 Å². The van der Waals surface area contributed by atoms with Crippen LogP contribution in [0.1, 0.15) is 80.8 Å². The van der Waals surface area contributed by atoms with Gasteiger partial charge in [0.15, 0.2) is 0 Å². The summed E-state index contributed by atoms with van der Waals surface area (Å²) in [5, 5.41) is 10.8. The number of phenolic OH excluding ortho intramolecular Hbond substituents is 1. The predicted molar refractivity (Wildman–Crippen MR) is 152 cm³/mol. The number of phenols is 1. The van der Waals surface area contributed by atoms with E-state index in [9.17, 15) is 14.7 Å². The number of aryl methyl sites for hydroxylation is 2. The van der Waals surface area contributed by atoms with Gasteiger partial charge in [-0.3, -0.25) is 14.5 Å². The topological polar surface area (TPSA) is 65.8 Å². The van der Waals surface area contributed by atoms with Gasteiger partial charge in [-0.1, -0.05) is 13.0 Å². The number of hydrogen-bond acceptors (Lipinski definition) is 4. The summed E-state index contributed by atoms with van der Waals surface area (Å²) in [6, 6.07) is 10.1. The van der Waals surface area contributed by atoms with Crippen LogP contribution in [0.4, 0.5) is 0 Å². The number of carbonyl (C=O) groups is 1. The van der Waals surface area contributed by atoms with Crippen LogP contribution in [-0.4, -0.2) is 57.1 Å². The average Bonchev–Trinajstić information content (AvgIpc) is 3.64. The number of hydrogen-bond donors (Lipinski definition) is 1. The summed E-state index contributed by atoms with van der Waals surface area (Å²) in [6.45, 7) is 10.4. The van der Waals surface area contributed by atoms with E-state index in [-0.39, 0.29) is 28.3 Å². The van der Waals surface area contributed by atoms with E-state index in [2.05, 4.69) is 35.8 Å². The van der Waals surface area contributed by atoms with Crippen LogP contribution in [0.25, 0.3) is 0 Å². The Balaban J connectivity index is 1.32. The van der Waals surface area contributed by atoms with Gasteiger partial charge in [-0.25, -0.2) is 0 Å². The zero-order chi connectivity index (χ0) is 27.1. The van der Waals surface area contributed by atoms with Crippen molar-refractivity contribution in [1.29, 1.82) is 0 Å². The fraction of sp³-hybridized carbons (Fsp3) is 0.636. The van der Waals surface area contributed by atoms with Gasteiger partial charge >= 0.3 is 0 Å². The smallest absolute Gasteiger partial charge is 0.255 e. The number of nitrogens with zero attached hydrogens (tertiary/aromatic N) is 3. The van der Waals surface area contributed by atoms with Gasteiger partial charge in [0.05, 0.1) is 5.56 Å². The lowest BCUT2D eigenvalue weighted by Gasteiger charge is -2.63. The highest BCUT2D eigenvalue weighted by molar-refractivity contribution is 5.94. The first-order valence-electron chi connectivity index (χ1n) is 15.4. The molecule has 1 amide bonds. The highest BCUT2D eigenvalue weighted by Crippen LogP contribution is 2.73. The number of rotatable bonds is 6. The summed E-state index contributed by atoms with van der Waals surface area (Å²) < 4.78 is 1.63. The Labute approximate surface area is 232 Å². The van der Waals surface area contributed by atoms with Crippen LogP contribution in [0.3, 0.4) is 0 Å². The van der Waals surface area contributed by atoms with Crippen LogP contribution in [0.15, 0.2) is 41.3 Å². The first kappa shape index (κ1) is 25.4. The van der Waals surface area contributed by atoms with Gasteiger partial charge in [0.25, 0.3) is 11.5 Å². The average molecular weight is 530 g/mol. The molecule has 1 N–H and O–H groups in total. The van der Waals surface area contributed by atoms with Crippen molar-refractivity contribution >= 4 is 5.91 Å². The molecule has 2 saturated heterocycles. The minimum absolute atomic E-state index is 0.0264. The van der Waals surface area contributed by atoms with Crippen molar-refractivity contribution in [3.8, 4) is 5.75 Å². The van der Waals surface area contributed by atoms with Gasteiger partial charge in [0, 0.05) is 49.4 Å².